The number of nitrogens with one attached hydrogen (secondary N) is 1. The molecule has 0 amide bonds. The van der Waals surface area contributed by atoms with Crippen molar-refractivity contribution >= 4 is 9.84 Å². The van der Waals surface area contributed by atoms with Gasteiger partial charge in [0, 0.05) is 6.26 Å². The molecule has 0 aliphatic heterocycles. The summed E-state index contributed by atoms with van der Waals surface area (Å²) < 4.78 is 22.8. The molecule has 20 heavy (non-hydrogen) atoms. The lowest BCUT2D eigenvalue weighted by molar-refractivity contribution is 0.167. The number of sulfone groups is 1. The molecule has 0 spiro atoms. The minimum absolute atomic E-state index is 0.356. The molecule has 120 valence electrons. The molecule has 1 saturated carbocycles. The van der Waals surface area contributed by atoms with Crippen LogP contribution in [0.5, 0.6) is 0 Å². The van der Waals surface area contributed by atoms with Gasteiger partial charge in [0.2, 0.25) is 0 Å². The molecular formula is C16H33NO2S. The van der Waals surface area contributed by atoms with Crippen LogP contribution in [0.1, 0.15) is 52.9 Å². The molecule has 0 saturated heterocycles. The van der Waals surface area contributed by atoms with E-state index in [0.717, 1.165) is 25.4 Å². The first-order valence-corrected chi connectivity index (χ1v) is 10.3. The highest BCUT2D eigenvalue weighted by atomic mass is 32.2. The van der Waals surface area contributed by atoms with Crippen LogP contribution >= 0.6 is 0 Å². The lowest BCUT2D eigenvalue weighted by Crippen LogP contribution is -2.35. The molecule has 1 rings (SSSR count). The van der Waals surface area contributed by atoms with E-state index in [-0.39, 0.29) is 0 Å². The van der Waals surface area contributed by atoms with Gasteiger partial charge in [-0.05, 0) is 56.0 Å². The van der Waals surface area contributed by atoms with Crippen molar-refractivity contribution in [3.8, 4) is 0 Å². The van der Waals surface area contributed by atoms with Gasteiger partial charge in [-0.25, -0.2) is 8.42 Å². The first-order valence-electron chi connectivity index (χ1n) is 8.20. The smallest absolute Gasteiger partial charge is 0.147 e. The largest absolute Gasteiger partial charge is 0.316 e. The van der Waals surface area contributed by atoms with Crippen molar-refractivity contribution in [1.29, 1.82) is 0 Å². The number of hydrogen-bond donors (Lipinski definition) is 1. The molecule has 1 fully saturated rings. The summed E-state index contributed by atoms with van der Waals surface area (Å²) >= 11 is 0. The Balaban J connectivity index is 2.50. The summed E-state index contributed by atoms with van der Waals surface area (Å²) in [5.74, 6) is 3.09. The SMILES string of the molecule is CCC1CCC(CNCC(C)C)C(CCS(C)(=O)=O)C1. The summed E-state index contributed by atoms with van der Waals surface area (Å²) in [4.78, 5) is 0. The zero-order chi connectivity index (χ0) is 15.2. The molecule has 0 bridgehead atoms. The molecule has 0 aromatic heterocycles. The van der Waals surface area contributed by atoms with Crippen molar-refractivity contribution in [2.75, 3.05) is 25.1 Å². The Hall–Kier alpha value is -0.0900. The van der Waals surface area contributed by atoms with E-state index < -0.39 is 9.84 Å². The maximum atomic E-state index is 11.4. The Bertz CT molecular complexity index is 365. The van der Waals surface area contributed by atoms with Crippen molar-refractivity contribution in [2.24, 2.45) is 23.7 Å². The third-order valence-corrected chi connectivity index (χ3v) is 5.62. The van der Waals surface area contributed by atoms with Crippen molar-refractivity contribution in [1.82, 2.24) is 5.32 Å². The maximum Gasteiger partial charge on any atom is 0.147 e. The average molecular weight is 304 g/mol. The zero-order valence-corrected chi connectivity index (χ0v) is 14.5. The summed E-state index contributed by atoms with van der Waals surface area (Å²) in [6, 6.07) is 0. The van der Waals surface area contributed by atoms with E-state index in [4.69, 9.17) is 0 Å². The molecule has 0 aromatic carbocycles. The third kappa shape index (κ3) is 7.07. The summed E-state index contributed by atoms with van der Waals surface area (Å²) in [5.41, 5.74) is 0. The molecule has 3 unspecified atom stereocenters. The van der Waals surface area contributed by atoms with Crippen LogP contribution in [-0.4, -0.2) is 33.5 Å². The van der Waals surface area contributed by atoms with Gasteiger partial charge in [-0.3, -0.25) is 0 Å². The minimum Gasteiger partial charge on any atom is -0.316 e. The van der Waals surface area contributed by atoms with Gasteiger partial charge in [-0.1, -0.05) is 33.6 Å². The van der Waals surface area contributed by atoms with E-state index in [2.05, 4.69) is 26.1 Å². The second kappa shape index (κ2) is 8.38. The molecule has 1 N–H and O–H groups in total. The highest BCUT2D eigenvalue weighted by Gasteiger charge is 2.29. The van der Waals surface area contributed by atoms with Gasteiger partial charge in [-0.15, -0.1) is 0 Å². The normalized spacial score (nSPS) is 27.9. The molecular weight excluding hydrogens is 270 g/mol. The predicted octanol–water partition coefficient (Wildman–Crippen LogP) is 3.11. The third-order valence-electron chi connectivity index (χ3n) is 4.64. The van der Waals surface area contributed by atoms with Crippen LogP contribution in [0.2, 0.25) is 0 Å². The second-order valence-corrected chi connectivity index (χ2v) is 9.34. The molecule has 1 aliphatic rings. The van der Waals surface area contributed by atoms with Crippen LogP contribution in [0.15, 0.2) is 0 Å². The van der Waals surface area contributed by atoms with Crippen LogP contribution in [0.3, 0.4) is 0 Å². The fraction of sp³-hybridized carbons (Fsp3) is 1.00. The highest BCUT2D eigenvalue weighted by molar-refractivity contribution is 7.90. The minimum atomic E-state index is -2.83. The van der Waals surface area contributed by atoms with E-state index in [0.29, 0.717) is 23.5 Å². The molecule has 0 heterocycles. The molecule has 3 atom stereocenters. The molecule has 4 heteroatoms. The fourth-order valence-corrected chi connectivity index (χ4v) is 4.07. The van der Waals surface area contributed by atoms with Crippen molar-refractivity contribution < 1.29 is 8.42 Å². The highest BCUT2D eigenvalue weighted by Crippen LogP contribution is 2.37. The van der Waals surface area contributed by atoms with E-state index in [9.17, 15) is 8.42 Å². The van der Waals surface area contributed by atoms with Gasteiger partial charge in [0.25, 0.3) is 0 Å². The monoisotopic (exact) mass is 303 g/mol. The predicted molar refractivity (Wildman–Crippen MR) is 86.6 cm³/mol. The van der Waals surface area contributed by atoms with Crippen LogP contribution in [0.25, 0.3) is 0 Å². The van der Waals surface area contributed by atoms with Crippen LogP contribution < -0.4 is 5.32 Å². The van der Waals surface area contributed by atoms with Gasteiger partial charge in [0.1, 0.15) is 9.84 Å². The Morgan fingerprint density at radius 1 is 1.20 bits per heavy atom. The topological polar surface area (TPSA) is 46.2 Å². The second-order valence-electron chi connectivity index (χ2n) is 7.08. The van der Waals surface area contributed by atoms with Crippen molar-refractivity contribution in [2.45, 2.75) is 52.9 Å². The summed E-state index contributed by atoms with van der Waals surface area (Å²) in [5, 5.41) is 3.57. The Labute approximate surface area is 125 Å². The summed E-state index contributed by atoms with van der Waals surface area (Å²) in [7, 11) is -2.83. The Morgan fingerprint density at radius 3 is 2.45 bits per heavy atom. The van der Waals surface area contributed by atoms with Gasteiger partial charge in [0.05, 0.1) is 5.75 Å². The van der Waals surface area contributed by atoms with Gasteiger partial charge in [0.15, 0.2) is 0 Å². The Kier molecular flexibility index (Phi) is 7.52. The van der Waals surface area contributed by atoms with Gasteiger partial charge >= 0.3 is 0 Å². The lowest BCUT2D eigenvalue weighted by Gasteiger charge is -2.36. The van der Waals surface area contributed by atoms with Crippen LogP contribution in [0, 0.1) is 23.7 Å². The van der Waals surface area contributed by atoms with E-state index >= 15 is 0 Å². The maximum absolute atomic E-state index is 11.4. The first kappa shape index (κ1) is 18.0. The molecule has 0 aromatic rings. The molecule has 0 radical (unpaired) electrons. The molecule has 1 aliphatic carbocycles. The van der Waals surface area contributed by atoms with E-state index in [1.165, 1.54) is 31.9 Å². The molecule has 3 nitrogen and oxygen atoms in total. The quantitative estimate of drug-likeness (QED) is 0.749. The van der Waals surface area contributed by atoms with Gasteiger partial charge < -0.3 is 5.32 Å². The number of hydrogen-bond acceptors (Lipinski definition) is 3. The first-order chi connectivity index (χ1) is 9.31. The van der Waals surface area contributed by atoms with Crippen LogP contribution in [0.4, 0.5) is 0 Å². The Morgan fingerprint density at radius 2 is 1.90 bits per heavy atom. The van der Waals surface area contributed by atoms with Crippen molar-refractivity contribution in [3.63, 3.8) is 0 Å². The summed E-state index contributed by atoms with van der Waals surface area (Å²) in [6.45, 7) is 8.83. The van der Waals surface area contributed by atoms with Crippen molar-refractivity contribution in [3.05, 3.63) is 0 Å². The fourth-order valence-electron chi connectivity index (χ4n) is 3.34. The van der Waals surface area contributed by atoms with E-state index in [1.807, 2.05) is 0 Å². The lowest BCUT2D eigenvalue weighted by atomic mass is 9.72. The van der Waals surface area contributed by atoms with Crippen LogP contribution in [-0.2, 0) is 9.84 Å². The zero-order valence-electron chi connectivity index (χ0n) is 13.7. The van der Waals surface area contributed by atoms with Gasteiger partial charge in [-0.2, -0.15) is 0 Å². The number of rotatable bonds is 8. The van der Waals surface area contributed by atoms with E-state index in [1.54, 1.807) is 0 Å². The average Bonchev–Trinajstić information content (AvgIpc) is 2.36. The standard InChI is InChI=1S/C16H33NO2S/c1-5-14-6-7-16(12-17-11-13(2)3)15(10-14)8-9-20(4,18)19/h13-17H,5-12H2,1-4H3. The summed E-state index contributed by atoms with van der Waals surface area (Å²) in [6.07, 6.45) is 7.25.